The van der Waals surface area contributed by atoms with Gasteiger partial charge in [0.25, 0.3) is 0 Å². The third-order valence-electron chi connectivity index (χ3n) is 17.2. The summed E-state index contributed by atoms with van der Waals surface area (Å²) in [6.45, 7) is 40.5. The number of nitrogens with one attached hydrogen (secondary N) is 1. The zero-order valence-corrected chi connectivity index (χ0v) is 59.6. The molecule has 502 valence electrons. The highest BCUT2D eigenvalue weighted by Crippen LogP contribution is 2.42. The van der Waals surface area contributed by atoms with Gasteiger partial charge >= 0.3 is 23.9 Å². The molecule has 1 heterocycles. The lowest BCUT2D eigenvalue weighted by Gasteiger charge is -2.43. The van der Waals surface area contributed by atoms with Crippen LogP contribution in [-0.2, 0) is 65.5 Å². The maximum Gasteiger partial charge on any atom is 0.330 e. The smallest absolute Gasteiger partial charge is 0.330 e. The van der Waals surface area contributed by atoms with Crippen LogP contribution in [0, 0.1) is 17.8 Å². The molecular formula is C75H112N2O12Si2. The molecule has 4 aromatic carbocycles. The molecule has 3 atom stereocenters. The van der Waals surface area contributed by atoms with Crippen molar-refractivity contribution in [3.63, 3.8) is 0 Å². The van der Waals surface area contributed by atoms with Crippen molar-refractivity contribution >= 4 is 56.2 Å². The molecular weight excluding hydrogens is 1180 g/mol. The zero-order valence-electron chi connectivity index (χ0n) is 57.6. The number of carboxylic acids is 1. The van der Waals surface area contributed by atoms with Crippen molar-refractivity contribution in [2.75, 3.05) is 40.3 Å². The van der Waals surface area contributed by atoms with Gasteiger partial charge in [-0.3, -0.25) is 14.4 Å². The predicted octanol–water partition coefficient (Wildman–Crippen LogP) is 14.5. The first-order valence-corrected chi connectivity index (χ1v) is 36.0. The number of esters is 3. The first-order valence-electron chi connectivity index (χ1n) is 31.5. The highest BCUT2D eigenvalue weighted by Gasteiger charge is 2.45. The first-order chi connectivity index (χ1) is 42.2. The highest BCUT2D eigenvalue weighted by atomic mass is 28.3. The van der Waals surface area contributed by atoms with E-state index in [1.54, 1.807) is 34.7 Å². The summed E-state index contributed by atoms with van der Waals surface area (Å²) >= 11 is 0. The van der Waals surface area contributed by atoms with Gasteiger partial charge in [-0.25, -0.2) is 9.78 Å². The van der Waals surface area contributed by atoms with E-state index < -0.39 is 22.1 Å². The number of allylic oxidation sites excluding steroid dienone is 4. The van der Waals surface area contributed by atoms with E-state index in [-0.39, 0.29) is 58.8 Å². The number of phenols is 1. The van der Waals surface area contributed by atoms with Crippen LogP contribution in [0.4, 0.5) is 5.82 Å². The maximum absolute atomic E-state index is 11.5. The summed E-state index contributed by atoms with van der Waals surface area (Å²) in [6, 6.07) is 38.8. The van der Waals surface area contributed by atoms with E-state index in [2.05, 4.69) is 171 Å². The van der Waals surface area contributed by atoms with Crippen LogP contribution in [0.3, 0.4) is 0 Å². The third-order valence-corrected chi connectivity index (χ3v) is 31.4. The van der Waals surface area contributed by atoms with Crippen LogP contribution < -0.4 is 20.4 Å². The number of aliphatic carboxylic acids is 1. The molecule has 16 heteroatoms. The Morgan fingerprint density at radius 2 is 0.901 bits per heavy atom. The van der Waals surface area contributed by atoms with Gasteiger partial charge < -0.3 is 45.4 Å². The van der Waals surface area contributed by atoms with Gasteiger partial charge in [-0.05, 0) is 135 Å². The molecule has 0 bridgehead atoms. The molecule has 5 rings (SSSR count). The summed E-state index contributed by atoms with van der Waals surface area (Å²) in [5.41, 5.74) is 9.87. The zero-order chi connectivity index (χ0) is 66.9. The van der Waals surface area contributed by atoms with E-state index >= 15 is 0 Å². The Kier molecular flexibility index (Phi) is 39.9. The van der Waals surface area contributed by atoms with Gasteiger partial charge in [0.05, 0.1) is 63.3 Å². The summed E-state index contributed by atoms with van der Waals surface area (Å²) in [5.74, 6) is 0.505. The van der Waals surface area contributed by atoms with Gasteiger partial charge in [0.2, 0.25) is 0 Å². The topological polar surface area (TPSA) is 234 Å². The SMILES string of the molecule is C=CC(CC(=O)O)Cc1ccc(OCCc2cccc(NC)n2)cc1.C=CC(CC(=O)OC)Cc1ccc(O)cc1.C=CC(CC(=O)OC)Cc1ccc([Si](C(C)C)(C(C)C)C(C)C)cc1.COC(=O)/C=C/Cc1ccc([Si](C(C)C)(C(C)C)C(C)C)cc1.O.O. The van der Waals surface area contributed by atoms with E-state index in [0.29, 0.717) is 59.1 Å². The van der Waals surface area contributed by atoms with Crippen molar-refractivity contribution in [1.29, 1.82) is 0 Å². The number of ether oxygens (including phenoxy) is 4. The molecule has 1 aromatic heterocycles. The second-order valence-electron chi connectivity index (χ2n) is 24.7. The number of anilines is 1. The monoisotopic (exact) mass is 1290 g/mol. The number of carboxylic acid groups (broad SMARTS) is 1. The van der Waals surface area contributed by atoms with Gasteiger partial charge in [0, 0.05) is 25.2 Å². The van der Waals surface area contributed by atoms with Crippen molar-refractivity contribution in [3.8, 4) is 11.5 Å². The van der Waals surface area contributed by atoms with Crippen LogP contribution in [0.5, 0.6) is 11.5 Å². The molecule has 0 aliphatic carbocycles. The van der Waals surface area contributed by atoms with Crippen molar-refractivity contribution in [2.24, 2.45) is 17.8 Å². The third kappa shape index (κ3) is 27.2. The molecule has 7 N–H and O–H groups in total. The molecule has 5 aromatic rings. The quantitative estimate of drug-likeness (QED) is 0.0124. The molecule has 0 spiro atoms. The normalized spacial score (nSPS) is 12.1. The Bertz CT molecular complexity index is 2900. The number of aromatic nitrogens is 1. The van der Waals surface area contributed by atoms with E-state index in [9.17, 15) is 19.2 Å². The number of rotatable bonds is 31. The molecule has 0 fully saturated rings. The number of carbonyl (C=O) groups excluding carboxylic acids is 3. The molecule has 0 aliphatic rings. The minimum atomic E-state index is -1.60. The van der Waals surface area contributed by atoms with Gasteiger partial charge in [0.15, 0.2) is 0 Å². The largest absolute Gasteiger partial charge is 0.508 e. The number of carbonyl (C=O) groups is 4. The van der Waals surface area contributed by atoms with Crippen molar-refractivity contribution in [1.82, 2.24) is 4.98 Å². The van der Waals surface area contributed by atoms with Gasteiger partial charge in [-0.2, -0.15) is 0 Å². The van der Waals surface area contributed by atoms with Crippen LogP contribution in [0.15, 0.2) is 165 Å². The number of methoxy groups -OCH3 is 3. The Hall–Kier alpha value is -7.38. The summed E-state index contributed by atoms with van der Waals surface area (Å²) in [7, 11) is 2.88. The second kappa shape index (κ2) is 43.4. The molecule has 0 radical (unpaired) electrons. The highest BCUT2D eigenvalue weighted by molar-refractivity contribution is 6.95. The van der Waals surface area contributed by atoms with Gasteiger partial charge in [-0.1, -0.05) is 197 Å². The Labute approximate surface area is 548 Å². The Morgan fingerprint density at radius 3 is 1.25 bits per heavy atom. The van der Waals surface area contributed by atoms with Crippen molar-refractivity contribution < 1.29 is 59.3 Å². The standard InChI is InChI=1S/C22H36O2Si.C20H24N2O3.C20H32O2Si.C13H16O3.2H2O/c1-9-19(15-22(23)24-8)14-20-10-12-21(13-11-20)25(16(2)3,17(4)5)18(6)7;1-3-15(14-20(23)24)13-16-7-9-18(10-8-16)25-12-11-17-5-4-6-19(21-2)22-17;1-15(2)23(16(3)4,17(5)6)19-13-11-18(12-14-19)9-8-10-20(21)22-7;1-3-10(9-13(15)16-2)8-11-4-6-12(14)7-5-11;;/h9-13,16-19H,1,14-15H2,2-8H3;3-10,15H,1,11-14H2,2H3,(H,21,22)(H,23,24);8,10-17H,9H2,1-7H3;3-7,10,14H,1,8-9H2,2H3;2*1H2/b;;10-8+;;;. The lowest BCUT2D eigenvalue weighted by molar-refractivity contribution is -0.142. The number of hydrogen-bond acceptors (Lipinski definition) is 11. The minimum Gasteiger partial charge on any atom is -0.508 e. The first kappa shape index (κ1) is 83.6. The average Bonchev–Trinajstić information content (AvgIpc) is 0.983. The maximum atomic E-state index is 11.5. The van der Waals surface area contributed by atoms with E-state index in [1.807, 2.05) is 73.8 Å². The number of nitrogens with zero attached hydrogens (tertiary/aromatic N) is 1. The van der Waals surface area contributed by atoms with Crippen LogP contribution >= 0.6 is 0 Å². The summed E-state index contributed by atoms with van der Waals surface area (Å²) in [4.78, 5) is 49.0. The van der Waals surface area contributed by atoms with Gasteiger partial charge in [-0.15, -0.1) is 19.7 Å². The van der Waals surface area contributed by atoms with E-state index in [0.717, 1.165) is 54.1 Å². The lowest BCUT2D eigenvalue weighted by atomic mass is 9.96. The fourth-order valence-electron chi connectivity index (χ4n) is 13.0. The van der Waals surface area contributed by atoms with E-state index in [1.165, 1.54) is 38.5 Å². The molecule has 0 saturated carbocycles. The number of phenolic OH excluding ortho intramolecular Hbond substituents is 1. The van der Waals surface area contributed by atoms with Crippen LogP contribution in [-0.4, -0.2) is 101 Å². The molecule has 0 saturated heterocycles. The van der Waals surface area contributed by atoms with Crippen LogP contribution in [0.2, 0.25) is 33.2 Å². The van der Waals surface area contributed by atoms with Crippen molar-refractivity contribution in [3.05, 3.63) is 193 Å². The molecule has 0 aliphatic heterocycles. The second-order valence-corrected chi connectivity index (χ2v) is 36.6. The number of aromatic hydroxyl groups is 1. The Balaban J connectivity index is 0.00000119. The number of pyridine rings is 1. The lowest BCUT2D eigenvalue weighted by Crippen LogP contribution is -2.55. The molecule has 3 unspecified atom stereocenters. The predicted molar refractivity (Wildman–Crippen MR) is 382 cm³/mol. The Morgan fingerprint density at radius 1 is 0.527 bits per heavy atom. The average molecular weight is 1290 g/mol. The fraction of sp³-hybridized carbons (Fsp3) is 0.453. The fourth-order valence-corrected chi connectivity index (χ4v) is 26.5. The van der Waals surface area contributed by atoms with Gasteiger partial charge in [0.1, 0.15) is 17.3 Å². The van der Waals surface area contributed by atoms with Crippen LogP contribution in [0.25, 0.3) is 0 Å². The molecule has 91 heavy (non-hydrogen) atoms. The number of hydrogen-bond donors (Lipinski definition) is 3. The summed E-state index contributed by atoms with van der Waals surface area (Å²) < 4.78 is 19.8. The summed E-state index contributed by atoms with van der Waals surface area (Å²) in [6.07, 6.45) is 13.2. The van der Waals surface area contributed by atoms with Crippen molar-refractivity contribution in [2.45, 2.75) is 168 Å². The molecule has 14 nitrogen and oxygen atoms in total. The summed E-state index contributed by atoms with van der Waals surface area (Å²) in [5, 5.41) is 24.1. The number of benzene rings is 4. The van der Waals surface area contributed by atoms with E-state index in [4.69, 9.17) is 19.7 Å². The molecule has 0 amide bonds. The minimum absolute atomic E-state index is 0. The van der Waals surface area contributed by atoms with Crippen LogP contribution in [0.1, 0.15) is 130 Å².